The van der Waals surface area contributed by atoms with Gasteiger partial charge in [0.2, 0.25) is 0 Å². The summed E-state index contributed by atoms with van der Waals surface area (Å²) in [6.07, 6.45) is 0. The molecule has 98 valence electrons. The van der Waals surface area contributed by atoms with E-state index >= 15 is 0 Å². The molecule has 1 atom stereocenters. The van der Waals surface area contributed by atoms with Gasteiger partial charge in [0, 0.05) is 18.6 Å². The summed E-state index contributed by atoms with van der Waals surface area (Å²) in [5.74, 6) is 0.936. The van der Waals surface area contributed by atoms with Gasteiger partial charge in [0.05, 0.1) is 11.4 Å². The normalized spacial score (nSPS) is 13.4. The summed E-state index contributed by atoms with van der Waals surface area (Å²) < 4.78 is 1.95. The quantitative estimate of drug-likeness (QED) is 0.821. The van der Waals surface area contributed by atoms with E-state index in [4.69, 9.17) is 5.73 Å². The van der Waals surface area contributed by atoms with E-state index in [-0.39, 0.29) is 0 Å². The number of aryl methyl sites for hydroxylation is 1. The SMILES string of the molecule is Cc1nn(C(C)C)c(NCC(C)N(C)C)c1N. The number of nitrogens with one attached hydrogen (secondary N) is 1. The number of hydrogen-bond acceptors (Lipinski definition) is 4. The van der Waals surface area contributed by atoms with Crippen molar-refractivity contribution >= 4 is 11.5 Å². The number of anilines is 2. The molecule has 1 aromatic rings. The third-order valence-corrected chi connectivity index (χ3v) is 3.07. The van der Waals surface area contributed by atoms with Crippen molar-refractivity contribution < 1.29 is 0 Å². The molecule has 0 aliphatic carbocycles. The van der Waals surface area contributed by atoms with Crippen LogP contribution in [0.3, 0.4) is 0 Å². The molecule has 5 nitrogen and oxygen atoms in total. The monoisotopic (exact) mass is 239 g/mol. The van der Waals surface area contributed by atoms with Crippen LogP contribution in [0.25, 0.3) is 0 Å². The molecular formula is C12H25N5. The molecule has 0 fully saturated rings. The van der Waals surface area contributed by atoms with Gasteiger partial charge in [-0.25, -0.2) is 4.68 Å². The maximum Gasteiger partial charge on any atom is 0.148 e. The number of likely N-dealkylation sites (N-methyl/N-ethyl adjacent to an activating group) is 1. The highest BCUT2D eigenvalue weighted by Gasteiger charge is 2.15. The van der Waals surface area contributed by atoms with E-state index in [9.17, 15) is 0 Å². The van der Waals surface area contributed by atoms with Gasteiger partial charge in [-0.1, -0.05) is 0 Å². The number of nitrogens with two attached hydrogens (primary N) is 1. The second-order valence-corrected chi connectivity index (χ2v) is 5.08. The van der Waals surface area contributed by atoms with Crippen LogP contribution >= 0.6 is 0 Å². The molecule has 17 heavy (non-hydrogen) atoms. The van der Waals surface area contributed by atoms with Crippen LogP contribution in [0.15, 0.2) is 0 Å². The Morgan fingerprint density at radius 2 is 1.94 bits per heavy atom. The summed E-state index contributed by atoms with van der Waals surface area (Å²) in [6.45, 7) is 9.18. The summed E-state index contributed by atoms with van der Waals surface area (Å²) in [7, 11) is 4.14. The Hall–Kier alpha value is -1.23. The average Bonchev–Trinajstić information content (AvgIpc) is 2.52. The lowest BCUT2D eigenvalue weighted by Gasteiger charge is -2.21. The van der Waals surface area contributed by atoms with Gasteiger partial charge >= 0.3 is 0 Å². The second kappa shape index (κ2) is 5.40. The molecule has 5 heteroatoms. The molecule has 3 N–H and O–H groups in total. The molecule has 0 saturated carbocycles. The van der Waals surface area contributed by atoms with Gasteiger partial charge in [-0.05, 0) is 41.8 Å². The van der Waals surface area contributed by atoms with E-state index in [0.29, 0.717) is 12.1 Å². The van der Waals surface area contributed by atoms with Crippen LogP contribution in [-0.4, -0.2) is 41.4 Å². The minimum Gasteiger partial charge on any atom is -0.394 e. The Morgan fingerprint density at radius 3 is 2.41 bits per heavy atom. The van der Waals surface area contributed by atoms with Crippen molar-refractivity contribution in [2.45, 2.75) is 39.8 Å². The highest BCUT2D eigenvalue weighted by atomic mass is 15.4. The summed E-state index contributed by atoms with van der Waals surface area (Å²) >= 11 is 0. The van der Waals surface area contributed by atoms with E-state index in [1.54, 1.807) is 0 Å². The summed E-state index contributed by atoms with van der Waals surface area (Å²) in [5, 5.41) is 7.85. The standard InChI is InChI=1S/C12H25N5/c1-8(2)17-12(11(13)10(4)15-17)14-7-9(3)16(5)6/h8-9,14H,7,13H2,1-6H3. The van der Waals surface area contributed by atoms with Gasteiger partial charge < -0.3 is 16.0 Å². The number of nitrogens with zero attached hydrogens (tertiary/aromatic N) is 3. The molecule has 0 aliphatic rings. The highest BCUT2D eigenvalue weighted by molar-refractivity contribution is 5.64. The first kappa shape index (κ1) is 13.8. The third-order valence-electron chi connectivity index (χ3n) is 3.07. The van der Waals surface area contributed by atoms with Crippen molar-refractivity contribution in [3.05, 3.63) is 5.69 Å². The average molecular weight is 239 g/mol. The molecule has 0 spiro atoms. The fraction of sp³-hybridized carbons (Fsp3) is 0.750. The van der Waals surface area contributed by atoms with Gasteiger partial charge in [0.15, 0.2) is 0 Å². The topological polar surface area (TPSA) is 59.1 Å². The lowest BCUT2D eigenvalue weighted by atomic mass is 10.3. The molecule has 0 saturated heterocycles. The summed E-state index contributed by atoms with van der Waals surface area (Å²) in [6, 6.07) is 0.758. The minimum absolute atomic E-state index is 0.308. The fourth-order valence-electron chi connectivity index (χ4n) is 1.54. The Morgan fingerprint density at radius 1 is 1.35 bits per heavy atom. The predicted molar refractivity (Wildman–Crippen MR) is 73.4 cm³/mol. The summed E-state index contributed by atoms with van der Waals surface area (Å²) in [5.41, 5.74) is 7.69. The van der Waals surface area contributed by atoms with Crippen molar-refractivity contribution in [1.29, 1.82) is 0 Å². The van der Waals surface area contributed by atoms with E-state index in [1.165, 1.54) is 0 Å². The van der Waals surface area contributed by atoms with E-state index in [0.717, 1.165) is 23.7 Å². The molecule has 1 rings (SSSR count). The lowest BCUT2D eigenvalue weighted by Crippen LogP contribution is -2.32. The molecular weight excluding hydrogens is 214 g/mol. The first-order valence-corrected chi connectivity index (χ1v) is 6.09. The Bertz CT molecular complexity index is 367. The van der Waals surface area contributed by atoms with Crippen LogP contribution in [0.5, 0.6) is 0 Å². The Kier molecular flexibility index (Phi) is 4.40. The maximum atomic E-state index is 6.04. The second-order valence-electron chi connectivity index (χ2n) is 5.08. The third kappa shape index (κ3) is 3.12. The molecule has 0 radical (unpaired) electrons. The van der Waals surface area contributed by atoms with Gasteiger partial charge in [0.25, 0.3) is 0 Å². The number of nitrogen functional groups attached to an aromatic ring is 1. The van der Waals surface area contributed by atoms with Crippen LogP contribution in [0, 0.1) is 6.92 Å². The van der Waals surface area contributed by atoms with Crippen molar-refractivity contribution in [2.24, 2.45) is 0 Å². The molecule has 1 aromatic heterocycles. The van der Waals surface area contributed by atoms with Crippen LogP contribution < -0.4 is 11.1 Å². The summed E-state index contributed by atoms with van der Waals surface area (Å²) in [4.78, 5) is 2.17. The highest BCUT2D eigenvalue weighted by Crippen LogP contribution is 2.25. The fourth-order valence-corrected chi connectivity index (χ4v) is 1.54. The van der Waals surface area contributed by atoms with Crippen molar-refractivity contribution in [3.8, 4) is 0 Å². The smallest absolute Gasteiger partial charge is 0.148 e. The zero-order chi connectivity index (χ0) is 13.2. The van der Waals surface area contributed by atoms with Crippen molar-refractivity contribution in [1.82, 2.24) is 14.7 Å². The van der Waals surface area contributed by atoms with Crippen LogP contribution in [0.1, 0.15) is 32.5 Å². The largest absolute Gasteiger partial charge is 0.394 e. The van der Waals surface area contributed by atoms with E-state index in [2.05, 4.69) is 50.2 Å². The van der Waals surface area contributed by atoms with Crippen LogP contribution in [0.4, 0.5) is 11.5 Å². The maximum absolute atomic E-state index is 6.04. The van der Waals surface area contributed by atoms with Gasteiger partial charge in [-0.3, -0.25) is 0 Å². The van der Waals surface area contributed by atoms with Crippen molar-refractivity contribution in [3.63, 3.8) is 0 Å². The van der Waals surface area contributed by atoms with Crippen LogP contribution in [0.2, 0.25) is 0 Å². The van der Waals surface area contributed by atoms with E-state index in [1.807, 2.05) is 11.6 Å². The molecule has 1 heterocycles. The van der Waals surface area contributed by atoms with Gasteiger partial charge in [0.1, 0.15) is 5.82 Å². The molecule has 0 amide bonds. The molecule has 1 unspecified atom stereocenters. The Labute approximate surface area is 104 Å². The number of aromatic nitrogens is 2. The van der Waals surface area contributed by atoms with Gasteiger partial charge in [-0.15, -0.1) is 0 Å². The molecule has 0 aliphatic heterocycles. The predicted octanol–water partition coefficient (Wildman–Crippen LogP) is 1.72. The van der Waals surface area contributed by atoms with Crippen LogP contribution in [-0.2, 0) is 0 Å². The van der Waals surface area contributed by atoms with Gasteiger partial charge in [-0.2, -0.15) is 5.10 Å². The minimum atomic E-state index is 0.308. The Balaban J connectivity index is 2.83. The zero-order valence-corrected chi connectivity index (χ0v) is 11.8. The lowest BCUT2D eigenvalue weighted by molar-refractivity contribution is 0.325. The van der Waals surface area contributed by atoms with E-state index < -0.39 is 0 Å². The number of hydrogen-bond donors (Lipinski definition) is 2. The molecule has 0 bridgehead atoms. The number of rotatable bonds is 5. The zero-order valence-electron chi connectivity index (χ0n) is 11.8. The van der Waals surface area contributed by atoms with Crippen molar-refractivity contribution in [2.75, 3.05) is 31.7 Å². The first-order chi connectivity index (χ1) is 7.84. The molecule has 0 aromatic carbocycles. The first-order valence-electron chi connectivity index (χ1n) is 6.09.